The van der Waals surface area contributed by atoms with Gasteiger partial charge in [0.05, 0.1) is 20.3 Å². The first-order valence-electron chi connectivity index (χ1n) is 6.72. The first-order chi connectivity index (χ1) is 9.09. The number of hydrogen-bond acceptors (Lipinski definition) is 3. The molecule has 2 rings (SSSR count). The average molecular weight is 267 g/mol. The molecule has 2 unspecified atom stereocenters. The molecule has 0 saturated carbocycles. The molecule has 1 aliphatic rings. The Balaban J connectivity index is 1.94. The maximum absolute atomic E-state index is 14.7. The molecule has 106 valence electrons. The number of morpholine rings is 1. The van der Waals surface area contributed by atoms with Gasteiger partial charge in [0, 0.05) is 19.0 Å². The Morgan fingerprint density at radius 3 is 3.05 bits per heavy atom. The van der Waals surface area contributed by atoms with E-state index in [9.17, 15) is 4.39 Å². The Morgan fingerprint density at radius 2 is 2.37 bits per heavy atom. The molecule has 0 aromatic heterocycles. The van der Waals surface area contributed by atoms with E-state index < -0.39 is 5.67 Å². The van der Waals surface area contributed by atoms with Crippen molar-refractivity contribution in [1.29, 1.82) is 0 Å². The standard InChI is InChI=1S/C15H22FNO2/c1-15(16,10-13-11-19-7-6-17-13)9-12-4-3-5-14(8-12)18-2/h3-5,8,13,17H,6-7,9-11H2,1-2H3. The van der Waals surface area contributed by atoms with Crippen LogP contribution in [0.15, 0.2) is 24.3 Å². The first-order valence-corrected chi connectivity index (χ1v) is 6.72. The summed E-state index contributed by atoms with van der Waals surface area (Å²) in [6, 6.07) is 7.70. The Morgan fingerprint density at radius 1 is 1.53 bits per heavy atom. The van der Waals surface area contributed by atoms with Crippen LogP contribution in [0.2, 0.25) is 0 Å². The summed E-state index contributed by atoms with van der Waals surface area (Å²) in [6.45, 7) is 3.77. The predicted molar refractivity (Wildman–Crippen MR) is 73.4 cm³/mol. The van der Waals surface area contributed by atoms with E-state index >= 15 is 0 Å². The highest BCUT2D eigenvalue weighted by molar-refractivity contribution is 5.29. The number of halogens is 1. The second-order valence-corrected chi connectivity index (χ2v) is 5.37. The molecule has 0 aliphatic carbocycles. The molecular formula is C15H22FNO2. The van der Waals surface area contributed by atoms with Crippen LogP contribution in [0.3, 0.4) is 0 Å². The van der Waals surface area contributed by atoms with Crippen molar-refractivity contribution in [3.8, 4) is 5.75 Å². The summed E-state index contributed by atoms with van der Waals surface area (Å²) in [5.74, 6) is 0.771. The van der Waals surface area contributed by atoms with E-state index in [-0.39, 0.29) is 6.04 Å². The second kappa shape index (κ2) is 6.35. The number of ether oxygens (including phenoxy) is 2. The van der Waals surface area contributed by atoms with E-state index in [2.05, 4.69) is 5.32 Å². The molecule has 4 heteroatoms. The van der Waals surface area contributed by atoms with Crippen LogP contribution in [0.5, 0.6) is 5.75 Å². The van der Waals surface area contributed by atoms with Crippen LogP contribution >= 0.6 is 0 Å². The van der Waals surface area contributed by atoms with Crippen LogP contribution in [0.4, 0.5) is 4.39 Å². The molecule has 2 atom stereocenters. The van der Waals surface area contributed by atoms with Crippen LogP contribution in [-0.2, 0) is 11.2 Å². The van der Waals surface area contributed by atoms with Gasteiger partial charge in [0.2, 0.25) is 0 Å². The highest BCUT2D eigenvalue weighted by Crippen LogP contribution is 2.25. The molecular weight excluding hydrogens is 245 g/mol. The van der Waals surface area contributed by atoms with Gasteiger partial charge >= 0.3 is 0 Å². The number of hydrogen-bond donors (Lipinski definition) is 1. The van der Waals surface area contributed by atoms with E-state index in [4.69, 9.17) is 9.47 Å². The summed E-state index contributed by atoms with van der Waals surface area (Å²) < 4.78 is 25.2. The summed E-state index contributed by atoms with van der Waals surface area (Å²) >= 11 is 0. The van der Waals surface area contributed by atoms with Crippen LogP contribution < -0.4 is 10.1 Å². The van der Waals surface area contributed by atoms with E-state index in [1.807, 2.05) is 24.3 Å². The fraction of sp³-hybridized carbons (Fsp3) is 0.600. The van der Waals surface area contributed by atoms with Gasteiger partial charge in [-0.3, -0.25) is 0 Å². The molecule has 1 fully saturated rings. The van der Waals surface area contributed by atoms with E-state index in [0.29, 0.717) is 19.4 Å². The van der Waals surface area contributed by atoms with Crippen LogP contribution in [0.25, 0.3) is 0 Å². The smallest absolute Gasteiger partial charge is 0.119 e. The van der Waals surface area contributed by atoms with Crippen LogP contribution in [-0.4, -0.2) is 38.6 Å². The van der Waals surface area contributed by atoms with Gasteiger partial charge in [0.1, 0.15) is 11.4 Å². The third-order valence-corrected chi connectivity index (χ3v) is 3.38. The summed E-state index contributed by atoms with van der Waals surface area (Å²) in [5, 5.41) is 3.29. The maximum atomic E-state index is 14.7. The molecule has 0 radical (unpaired) electrons. The van der Waals surface area contributed by atoms with Crippen molar-refractivity contribution in [1.82, 2.24) is 5.32 Å². The molecule has 0 spiro atoms. The van der Waals surface area contributed by atoms with Crippen molar-refractivity contribution in [3.05, 3.63) is 29.8 Å². The van der Waals surface area contributed by atoms with Crippen molar-refractivity contribution in [2.45, 2.75) is 31.5 Å². The van der Waals surface area contributed by atoms with Crippen molar-refractivity contribution >= 4 is 0 Å². The molecule has 1 heterocycles. The SMILES string of the molecule is COc1cccc(CC(C)(F)CC2COCCN2)c1. The zero-order chi connectivity index (χ0) is 13.7. The molecule has 1 aromatic carbocycles. The van der Waals surface area contributed by atoms with E-state index in [0.717, 1.165) is 24.5 Å². The highest BCUT2D eigenvalue weighted by atomic mass is 19.1. The molecule has 0 amide bonds. The van der Waals surface area contributed by atoms with Gasteiger partial charge in [-0.1, -0.05) is 12.1 Å². The minimum Gasteiger partial charge on any atom is -0.497 e. The second-order valence-electron chi connectivity index (χ2n) is 5.37. The lowest BCUT2D eigenvalue weighted by molar-refractivity contribution is 0.0483. The Kier molecular flexibility index (Phi) is 4.77. The van der Waals surface area contributed by atoms with Crippen molar-refractivity contribution < 1.29 is 13.9 Å². The van der Waals surface area contributed by atoms with Gasteiger partial charge in [-0.25, -0.2) is 4.39 Å². The lowest BCUT2D eigenvalue weighted by Crippen LogP contribution is -2.45. The minimum absolute atomic E-state index is 0.106. The maximum Gasteiger partial charge on any atom is 0.119 e. The normalized spacial score (nSPS) is 22.8. The fourth-order valence-corrected chi connectivity index (χ4v) is 2.54. The molecule has 19 heavy (non-hydrogen) atoms. The van der Waals surface area contributed by atoms with Crippen LogP contribution in [0, 0.1) is 0 Å². The monoisotopic (exact) mass is 267 g/mol. The third kappa shape index (κ3) is 4.48. The van der Waals surface area contributed by atoms with E-state index in [1.54, 1.807) is 14.0 Å². The molecule has 0 bridgehead atoms. The number of nitrogens with one attached hydrogen (secondary N) is 1. The van der Waals surface area contributed by atoms with Crippen LogP contribution in [0.1, 0.15) is 18.9 Å². The molecule has 1 saturated heterocycles. The van der Waals surface area contributed by atoms with Crippen molar-refractivity contribution in [2.24, 2.45) is 0 Å². The van der Waals surface area contributed by atoms with Gasteiger partial charge in [0.25, 0.3) is 0 Å². The van der Waals surface area contributed by atoms with Crippen molar-refractivity contribution in [3.63, 3.8) is 0 Å². The van der Waals surface area contributed by atoms with E-state index in [1.165, 1.54) is 0 Å². The Hall–Kier alpha value is -1.13. The van der Waals surface area contributed by atoms with Gasteiger partial charge < -0.3 is 14.8 Å². The quantitative estimate of drug-likeness (QED) is 0.888. The fourth-order valence-electron chi connectivity index (χ4n) is 2.54. The summed E-state index contributed by atoms with van der Waals surface area (Å²) in [5.41, 5.74) is -0.286. The average Bonchev–Trinajstić information content (AvgIpc) is 2.39. The lowest BCUT2D eigenvalue weighted by atomic mass is 9.91. The molecule has 1 aromatic rings. The van der Waals surface area contributed by atoms with Gasteiger partial charge in [0.15, 0.2) is 0 Å². The number of rotatable bonds is 5. The largest absolute Gasteiger partial charge is 0.497 e. The third-order valence-electron chi connectivity index (χ3n) is 3.38. The summed E-state index contributed by atoms with van der Waals surface area (Å²) in [7, 11) is 1.62. The highest BCUT2D eigenvalue weighted by Gasteiger charge is 2.29. The molecule has 3 nitrogen and oxygen atoms in total. The zero-order valence-electron chi connectivity index (χ0n) is 11.6. The van der Waals surface area contributed by atoms with Gasteiger partial charge in [-0.2, -0.15) is 0 Å². The van der Waals surface area contributed by atoms with Gasteiger partial charge in [-0.15, -0.1) is 0 Å². The first kappa shape index (κ1) is 14.3. The predicted octanol–water partition coefficient (Wildman–Crippen LogP) is 2.34. The zero-order valence-corrected chi connectivity index (χ0v) is 11.6. The molecule has 1 N–H and O–H groups in total. The summed E-state index contributed by atoms with van der Waals surface area (Å²) in [6.07, 6.45) is 0.854. The Labute approximate surface area is 114 Å². The van der Waals surface area contributed by atoms with Gasteiger partial charge in [-0.05, 0) is 31.0 Å². The molecule has 1 aliphatic heterocycles. The minimum atomic E-state index is -1.25. The number of benzene rings is 1. The lowest BCUT2D eigenvalue weighted by Gasteiger charge is -2.30. The number of alkyl halides is 1. The number of methoxy groups -OCH3 is 1. The van der Waals surface area contributed by atoms with Crippen molar-refractivity contribution in [2.75, 3.05) is 26.9 Å². The summed E-state index contributed by atoms with van der Waals surface area (Å²) in [4.78, 5) is 0. The topological polar surface area (TPSA) is 30.5 Å². The Bertz CT molecular complexity index is 403.